The van der Waals surface area contributed by atoms with Crippen molar-refractivity contribution in [3.8, 4) is 0 Å². The summed E-state index contributed by atoms with van der Waals surface area (Å²) >= 11 is 12.6. The van der Waals surface area contributed by atoms with E-state index in [9.17, 15) is 23.1 Å². The second-order valence-corrected chi connectivity index (χ2v) is 14.8. The Kier molecular flexibility index (Phi) is 7.55. The van der Waals surface area contributed by atoms with Gasteiger partial charge in [0.2, 0.25) is 15.9 Å². The number of piperidine rings is 1. The molecule has 0 aromatic heterocycles. The molecule has 2 N–H and O–H groups in total. The summed E-state index contributed by atoms with van der Waals surface area (Å²) in [6.45, 7) is 1.68. The summed E-state index contributed by atoms with van der Waals surface area (Å²) in [6.07, 6.45) is 3.37. The predicted octanol–water partition coefficient (Wildman–Crippen LogP) is 5.57. The molecule has 2 aliphatic carbocycles. The third-order valence-electron chi connectivity index (χ3n) is 8.86. The lowest BCUT2D eigenvalue weighted by atomic mass is 9.66. The summed E-state index contributed by atoms with van der Waals surface area (Å²) in [5.74, 6) is -1.57. The van der Waals surface area contributed by atoms with Crippen LogP contribution in [0.2, 0.25) is 10.0 Å². The number of carbonyl (C=O) groups excluding carboxylic acids is 1. The molecule has 210 valence electrons. The van der Waals surface area contributed by atoms with Gasteiger partial charge in [0.15, 0.2) is 0 Å². The van der Waals surface area contributed by atoms with Gasteiger partial charge in [0.25, 0.3) is 0 Å². The number of sulfonamides is 1. The molecule has 1 heterocycles. The topological polar surface area (TPSA) is 104 Å². The fourth-order valence-corrected chi connectivity index (χ4v) is 8.76. The van der Waals surface area contributed by atoms with Gasteiger partial charge in [0.1, 0.15) is 0 Å². The number of carboxylic acids is 1. The third-order valence-corrected chi connectivity index (χ3v) is 11.7. The molecule has 3 fully saturated rings. The van der Waals surface area contributed by atoms with Crippen LogP contribution in [0.25, 0.3) is 0 Å². The number of benzene rings is 2. The van der Waals surface area contributed by atoms with E-state index in [0.717, 1.165) is 24.0 Å². The van der Waals surface area contributed by atoms with Crippen molar-refractivity contribution in [2.75, 3.05) is 7.05 Å². The first-order chi connectivity index (χ1) is 18.4. The molecule has 0 unspecified atom stereocenters. The fourth-order valence-electron chi connectivity index (χ4n) is 6.47. The number of nitrogens with zero attached hydrogens (tertiary/aromatic N) is 1. The van der Waals surface area contributed by atoms with E-state index in [4.69, 9.17) is 23.2 Å². The van der Waals surface area contributed by atoms with Crippen molar-refractivity contribution in [3.05, 3.63) is 69.7 Å². The number of carbonyl (C=O) groups is 2. The maximum Gasteiger partial charge on any atom is 0.304 e. The van der Waals surface area contributed by atoms with Crippen LogP contribution in [-0.2, 0) is 25.2 Å². The zero-order valence-corrected chi connectivity index (χ0v) is 24.4. The Morgan fingerprint density at radius 2 is 1.77 bits per heavy atom. The number of hydrogen-bond donors (Lipinski definition) is 2. The molecule has 0 spiro atoms. The first-order valence-corrected chi connectivity index (χ1v) is 15.6. The van der Waals surface area contributed by atoms with E-state index in [-0.39, 0.29) is 24.2 Å². The lowest BCUT2D eigenvalue weighted by Crippen LogP contribution is -2.59. The maximum atomic E-state index is 13.8. The molecular weight excluding hydrogens is 559 g/mol. The summed E-state index contributed by atoms with van der Waals surface area (Å²) in [5.41, 5.74) is -0.290. The minimum absolute atomic E-state index is 0.0708. The van der Waals surface area contributed by atoms with Crippen LogP contribution in [0.4, 0.5) is 0 Å². The minimum Gasteiger partial charge on any atom is -0.481 e. The molecule has 4 atom stereocenters. The highest BCUT2D eigenvalue weighted by molar-refractivity contribution is 7.90. The van der Waals surface area contributed by atoms with E-state index in [1.807, 2.05) is 30.3 Å². The summed E-state index contributed by atoms with van der Waals surface area (Å²) in [5, 5.41) is 13.5. The lowest BCUT2D eigenvalue weighted by molar-refractivity contribution is -0.147. The normalized spacial score (nSPS) is 27.2. The van der Waals surface area contributed by atoms with Crippen LogP contribution in [0, 0.1) is 11.3 Å². The van der Waals surface area contributed by atoms with Crippen molar-refractivity contribution < 1.29 is 23.1 Å². The van der Waals surface area contributed by atoms with Crippen LogP contribution >= 0.6 is 23.2 Å². The summed E-state index contributed by atoms with van der Waals surface area (Å²) in [4.78, 5) is 25.2. The highest BCUT2D eigenvalue weighted by Crippen LogP contribution is 2.56. The number of hydrogen-bond acceptors (Lipinski definition) is 4. The summed E-state index contributed by atoms with van der Waals surface area (Å²) < 4.78 is 29.1. The number of nitrogens with one attached hydrogen (secondary N) is 1. The molecule has 1 aliphatic heterocycles. The van der Waals surface area contributed by atoms with E-state index in [1.165, 1.54) is 0 Å². The third kappa shape index (κ3) is 5.45. The van der Waals surface area contributed by atoms with Gasteiger partial charge in [-0.2, -0.15) is 4.31 Å². The number of amides is 1. The fraction of sp³-hybridized carbons (Fsp3) is 0.517. The Bertz CT molecular complexity index is 1380. The Hall–Kier alpha value is -2.13. The summed E-state index contributed by atoms with van der Waals surface area (Å²) in [6, 6.07) is 14.3. The Morgan fingerprint density at radius 1 is 1.10 bits per heavy atom. The van der Waals surface area contributed by atoms with Crippen LogP contribution in [0.3, 0.4) is 0 Å². The predicted molar refractivity (Wildman–Crippen MR) is 151 cm³/mol. The molecule has 3 aliphatic rings. The average molecular weight is 594 g/mol. The van der Waals surface area contributed by atoms with Gasteiger partial charge < -0.3 is 10.4 Å². The van der Waals surface area contributed by atoms with E-state index in [2.05, 4.69) is 5.32 Å². The van der Waals surface area contributed by atoms with Crippen molar-refractivity contribution >= 4 is 45.1 Å². The zero-order chi connectivity index (χ0) is 28.2. The molecule has 1 amide bonds. The summed E-state index contributed by atoms with van der Waals surface area (Å²) in [7, 11) is -1.92. The van der Waals surface area contributed by atoms with Crippen molar-refractivity contribution in [2.45, 2.75) is 74.6 Å². The van der Waals surface area contributed by atoms with Crippen LogP contribution in [0.5, 0.6) is 0 Å². The molecule has 0 radical (unpaired) electrons. The number of rotatable bonds is 10. The lowest BCUT2D eigenvalue weighted by Gasteiger charge is -2.49. The molecule has 5 rings (SSSR count). The standard InChI is InChI=1S/C29H34Cl2N2O5S/c1-28(17-26(34)35)15-24(18-4-3-5-22(31)14-18)25(32-27(28)36)16-29(19-6-7-19,20-8-10-21(30)11-9-20)33(2)39(37,38)23-12-13-23/h3-5,8-11,14,19,23-25H,6-7,12-13,15-17H2,1-2H3,(H,32,36)(H,34,35)/t24-,25+,28+,29+/m1/s1. The Balaban J connectivity index is 1.62. The Labute approximate surface area is 239 Å². The van der Waals surface area contributed by atoms with E-state index in [1.54, 1.807) is 36.5 Å². The van der Waals surface area contributed by atoms with Gasteiger partial charge in [-0.3, -0.25) is 9.59 Å². The van der Waals surface area contributed by atoms with E-state index >= 15 is 0 Å². The van der Waals surface area contributed by atoms with Gasteiger partial charge in [-0.05, 0) is 79.8 Å². The SMILES string of the molecule is CN([C@](C[C@@H]1NC(=O)[C@](C)(CC(=O)O)C[C@@H]1c1cccc(Cl)c1)(c1ccc(Cl)cc1)C1CC1)S(=O)(=O)C1CC1. The van der Waals surface area contributed by atoms with Crippen LogP contribution in [0.15, 0.2) is 48.5 Å². The zero-order valence-electron chi connectivity index (χ0n) is 22.1. The molecule has 2 aromatic carbocycles. The molecule has 39 heavy (non-hydrogen) atoms. The quantitative estimate of drug-likeness (QED) is 0.375. The average Bonchev–Trinajstić information content (AvgIpc) is 3.77. The van der Waals surface area contributed by atoms with Crippen LogP contribution in [-0.4, -0.2) is 48.0 Å². The van der Waals surface area contributed by atoms with Crippen molar-refractivity contribution in [1.29, 1.82) is 0 Å². The Morgan fingerprint density at radius 3 is 2.33 bits per heavy atom. The van der Waals surface area contributed by atoms with E-state index in [0.29, 0.717) is 35.7 Å². The minimum atomic E-state index is -3.59. The second-order valence-electron chi connectivity index (χ2n) is 11.7. The number of halogens is 2. The molecule has 0 bridgehead atoms. The van der Waals surface area contributed by atoms with Gasteiger partial charge >= 0.3 is 5.97 Å². The molecule has 2 saturated carbocycles. The first-order valence-electron chi connectivity index (χ1n) is 13.4. The monoisotopic (exact) mass is 592 g/mol. The second kappa shape index (κ2) is 10.4. The molecule has 2 aromatic rings. The first kappa shape index (κ1) is 28.4. The van der Waals surface area contributed by atoms with Gasteiger partial charge in [0.05, 0.1) is 22.6 Å². The van der Waals surface area contributed by atoms with Gasteiger partial charge in [-0.15, -0.1) is 0 Å². The molecular formula is C29H34Cl2N2O5S. The highest BCUT2D eigenvalue weighted by Gasteiger charge is 2.58. The van der Waals surface area contributed by atoms with Crippen molar-refractivity contribution in [3.63, 3.8) is 0 Å². The van der Waals surface area contributed by atoms with Crippen molar-refractivity contribution in [1.82, 2.24) is 9.62 Å². The van der Waals surface area contributed by atoms with Crippen molar-refractivity contribution in [2.24, 2.45) is 11.3 Å². The van der Waals surface area contributed by atoms with Gasteiger partial charge in [0, 0.05) is 29.1 Å². The maximum absolute atomic E-state index is 13.8. The highest BCUT2D eigenvalue weighted by atomic mass is 35.5. The van der Waals surface area contributed by atoms with Gasteiger partial charge in [-0.1, -0.05) is 54.4 Å². The molecule has 10 heteroatoms. The van der Waals surface area contributed by atoms with Crippen LogP contribution < -0.4 is 5.32 Å². The number of aliphatic carboxylic acids is 1. The van der Waals surface area contributed by atoms with Crippen LogP contribution in [0.1, 0.15) is 68.9 Å². The molecule has 7 nitrogen and oxygen atoms in total. The smallest absolute Gasteiger partial charge is 0.304 e. The van der Waals surface area contributed by atoms with E-state index < -0.39 is 38.2 Å². The van der Waals surface area contributed by atoms with Gasteiger partial charge in [-0.25, -0.2) is 8.42 Å². The number of carboxylic acid groups (broad SMARTS) is 1. The largest absolute Gasteiger partial charge is 0.481 e. The molecule has 1 saturated heterocycles.